The predicted octanol–water partition coefficient (Wildman–Crippen LogP) is 4.34. The summed E-state index contributed by atoms with van der Waals surface area (Å²) in [7, 11) is 0. The van der Waals surface area contributed by atoms with Gasteiger partial charge in [-0.2, -0.15) is 0 Å². The number of carbonyl (C=O) groups excluding carboxylic acids is 2. The van der Waals surface area contributed by atoms with Crippen LogP contribution in [0.3, 0.4) is 0 Å². The zero-order chi connectivity index (χ0) is 26.6. The number of esters is 1. The maximum absolute atomic E-state index is 13.2. The monoisotopic (exact) mass is 548 g/mol. The Morgan fingerprint density at radius 1 is 0.868 bits per heavy atom. The summed E-state index contributed by atoms with van der Waals surface area (Å²) in [6.45, 7) is 8.81. The molecule has 4 aromatic heterocycles. The average molecular weight is 549 g/mol. The number of nitrogens with zero attached hydrogens (tertiary/aromatic N) is 6. The summed E-state index contributed by atoms with van der Waals surface area (Å²) in [6.07, 6.45) is 3.13. The second-order valence-corrected chi connectivity index (χ2v) is 11.1. The second kappa shape index (κ2) is 11.5. The number of hydrogen-bond donors (Lipinski definition) is 0. The van der Waals surface area contributed by atoms with Gasteiger partial charge in [0.2, 0.25) is 0 Å². The van der Waals surface area contributed by atoms with Crippen LogP contribution in [0.15, 0.2) is 48.8 Å². The van der Waals surface area contributed by atoms with Crippen molar-refractivity contribution < 1.29 is 14.3 Å². The summed E-state index contributed by atoms with van der Waals surface area (Å²) in [6, 6.07) is 11.3. The molecule has 0 N–H and O–H groups in total. The molecule has 0 spiro atoms. The summed E-state index contributed by atoms with van der Waals surface area (Å²) in [5, 5.41) is 1.45. The summed E-state index contributed by atoms with van der Waals surface area (Å²) in [4.78, 5) is 49.0. The van der Waals surface area contributed by atoms with Crippen LogP contribution in [0, 0.1) is 13.8 Å². The van der Waals surface area contributed by atoms with E-state index in [1.807, 2.05) is 62.1 Å². The van der Waals surface area contributed by atoms with Gasteiger partial charge in [0, 0.05) is 45.1 Å². The zero-order valence-corrected chi connectivity index (χ0v) is 23.1. The lowest BCUT2D eigenvalue weighted by Gasteiger charge is -2.35. The maximum Gasteiger partial charge on any atom is 0.350 e. The van der Waals surface area contributed by atoms with Gasteiger partial charge in [0.05, 0.1) is 22.8 Å². The number of rotatable bonds is 7. The number of hydrogen-bond acceptors (Lipinski definition) is 10. The van der Waals surface area contributed by atoms with Crippen molar-refractivity contribution in [1.82, 2.24) is 29.7 Å². The van der Waals surface area contributed by atoms with Gasteiger partial charge in [0.15, 0.2) is 0 Å². The van der Waals surface area contributed by atoms with E-state index < -0.39 is 0 Å². The maximum atomic E-state index is 13.2. The third-order valence-corrected chi connectivity index (χ3v) is 8.55. The van der Waals surface area contributed by atoms with Gasteiger partial charge in [0.1, 0.15) is 25.9 Å². The molecule has 0 saturated carbocycles. The number of aryl methyl sites for hydroxylation is 2. The quantitative estimate of drug-likeness (QED) is 0.314. The van der Waals surface area contributed by atoms with Crippen molar-refractivity contribution in [2.75, 3.05) is 32.7 Å². The first-order chi connectivity index (χ1) is 18.4. The molecule has 0 unspecified atom stereocenters. The van der Waals surface area contributed by atoms with Gasteiger partial charge in [-0.05, 0) is 45.0 Å². The Hall–Kier alpha value is -3.54. The molecule has 0 aromatic carbocycles. The van der Waals surface area contributed by atoms with Crippen molar-refractivity contribution in [3.8, 4) is 21.4 Å². The first-order valence-electron chi connectivity index (χ1n) is 12.4. The van der Waals surface area contributed by atoms with E-state index in [2.05, 4.69) is 24.8 Å². The molecule has 11 heteroatoms. The van der Waals surface area contributed by atoms with Crippen LogP contribution in [0.4, 0.5) is 0 Å². The molecule has 0 bridgehead atoms. The number of piperazine rings is 1. The van der Waals surface area contributed by atoms with Crippen molar-refractivity contribution >= 4 is 34.6 Å². The number of aromatic nitrogens is 4. The van der Waals surface area contributed by atoms with E-state index in [1.165, 1.54) is 22.7 Å². The molecule has 1 aliphatic rings. The molecule has 1 amide bonds. The number of ether oxygens (including phenoxy) is 1. The first kappa shape index (κ1) is 26.1. The highest BCUT2D eigenvalue weighted by Crippen LogP contribution is 2.29. The van der Waals surface area contributed by atoms with Crippen molar-refractivity contribution in [2.24, 2.45) is 0 Å². The van der Waals surface area contributed by atoms with Crippen LogP contribution >= 0.6 is 22.7 Å². The van der Waals surface area contributed by atoms with Crippen molar-refractivity contribution in [3.63, 3.8) is 0 Å². The Balaban J connectivity index is 1.13. The molecular weight excluding hydrogens is 520 g/mol. The van der Waals surface area contributed by atoms with Gasteiger partial charge in [-0.25, -0.2) is 14.8 Å². The van der Waals surface area contributed by atoms with E-state index in [4.69, 9.17) is 4.74 Å². The Bertz CT molecular complexity index is 1420. The highest BCUT2D eigenvalue weighted by atomic mass is 32.1. The minimum Gasteiger partial charge on any atom is -0.457 e. The summed E-state index contributed by atoms with van der Waals surface area (Å²) >= 11 is 2.69. The van der Waals surface area contributed by atoms with Gasteiger partial charge < -0.3 is 9.64 Å². The van der Waals surface area contributed by atoms with E-state index >= 15 is 0 Å². The van der Waals surface area contributed by atoms with Crippen LogP contribution in [-0.2, 0) is 4.74 Å². The fourth-order valence-electron chi connectivity index (χ4n) is 4.29. The molecule has 38 heavy (non-hydrogen) atoms. The molecule has 196 valence electrons. The van der Waals surface area contributed by atoms with Crippen LogP contribution in [0.5, 0.6) is 0 Å². The average Bonchev–Trinajstić information content (AvgIpc) is 3.52. The van der Waals surface area contributed by atoms with E-state index in [9.17, 15) is 9.59 Å². The van der Waals surface area contributed by atoms with Gasteiger partial charge in [-0.1, -0.05) is 12.1 Å². The third-order valence-electron chi connectivity index (χ3n) is 6.22. The Morgan fingerprint density at radius 2 is 1.42 bits per heavy atom. The van der Waals surface area contributed by atoms with Crippen LogP contribution in [-0.4, -0.2) is 80.4 Å². The van der Waals surface area contributed by atoms with Crippen LogP contribution in [0.2, 0.25) is 0 Å². The van der Waals surface area contributed by atoms with Crippen LogP contribution < -0.4 is 0 Å². The standard InChI is InChI=1S/C27H28N6O3S2/c1-17(36-27(35)23-19(3)31-25(38-23)21-9-5-7-11-29-21)16-32-12-14-33(15-13-32)26(34)22-18(2)30-24(37-22)20-8-4-6-10-28-20/h4-11,17H,12-16H2,1-3H3/t17-/m1/s1. The molecule has 5 heterocycles. The fraction of sp³-hybridized carbons (Fsp3) is 0.333. The molecule has 1 aliphatic heterocycles. The highest BCUT2D eigenvalue weighted by molar-refractivity contribution is 7.17. The number of pyridine rings is 2. The van der Waals surface area contributed by atoms with E-state index in [-0.39, 0.29) is 18.0 Å². The van der Waals surface area contributed by atoms with Crippen molar-refractivity contribution in [1.29, 1.82) is 0 Å². The van der Waals surface area contributed by atoms with Gasteiger partial charge >= 0.3 is 5.97 Å². The molecule has 1 saturated heterocycles. The minimum atomic E-state index is -0.368. The van der Waals surface area contributed by atoms with E-state index in [0.717, 1.165) is 22.1 Å². The topological polar surface area (TPSA) is 101 Å². The van der Waals surface area contributed by atoms with E-state index in [1.54, 1.807) is 12.4 Å². The van der Waals surface area contributed by atoms with Crippen molar-refractivity contribution in [3.05, 3.63) is 69.9 Å². The zero-order valence-electron chi connectivity index (χ0n) is 21.5. The SMILES string of the molecule is Cc1nc(-c2ccccn2)sc1C(=O)O[C@H](C)CN1CCN(C(=O)c2sc(-c3ccccn3)nc2C)CC1. The second-order valence-electron chi connectivity index (χ2n) is 9.11. The molecule has 0 radical (unpaired) electrons. The number of amides is 1. The van der Waals surface area contributed by atoms with Crippen LogP contribution in [0.25, 0.3) is 21.4 Å². The molecule has 5 rings (SSSR count). The normalized spacial score (nSPS) is 14.9. The van der Waals surface area contributed by atoms with E-state index in [0.29, 0.717) is 53.2 Å². The first-order valence-corrected chi connectivity index (χ1v) is 14.0. The number of carbonyl (C=O) groups is 2. The fourth-order valence-corrected chi connectivity index (χ4v) is 6.23. The molecule has 1 fully saturated rings. The lowest BCUT2D eigenvalue weighted by Crippen LogP contribution is -2.50. The Morgan fingerprint density at radius 3 is 1.97 bits per heavy atom. The summed E-state index contributed by atoms with van der Waals surface area (Å²) in [5.41, 5.74) is 2.88. The predicted molar refractivity (Wildman–Crippen MR) is 147 cm³/mol. The largest absolute Gasteiger partial charge is 0.457 e. The number of thiazole rings is 2. The Labute approximate surface area is 229 Å². The van der Waals surface area contributed by atoms with Crippen molar-refractivity contribution in [2.45, 2.75) is 26.9 Å². The lowest BCUT2D eigenvalue weighted by atomic mass is 10.2. The summed E-state index contributed by atoms with van der Waals surface area (Å²) in [5.74, 6) is -0.362. The Kier molecular flexibility index (Phi) is 7.87. The molecule has 4 aromatic rings. The smallest absolute Gasteiger partial charge is 0.350 e. The van der Waals surface area contributed by atoms with Gasteiger partial charge in [-0.3, -0.25) is 19.7 Å². The molecule has 0 aliphatic carbocycles. The minimum absolute atomic E-state index is 0.00527. The summed E-state index contributed by atoms with van der Waals surface area (Å²) < 4.78 is 5.75. The lowest BCUT2D eigenvalue weighted by molar-refractivity contribution is 0.0201. The highest BCUT2D eigenvalue weighted by Gasteiger charge is 2.27. The molecule has 9 nitrogen and oxygen atoms in total. The molecule has 1 atom stereocenters. The van der Waals surface area contributed by atoms with Gasteiger partial charge in [0.25, 0.3) is 5.91 Å². The van der Waals surface area contributed by atoms with Crippen LogP contribution in [0.1, 0.15) is 37.7 Å². The third kappa shape index (κ3) is 5.79. The van der Waals surface area contributed by atoms with Gasteiger partial charge in [-0.15, -0.1) is 22.7 Å². The molecular formula is C27H28N6O3S2.